The molecule has 1 N–H and O–H groups in total. The predicted molar refractivity (Wildman–Crippen MR) is 94.2 cm³/mol. The molecular weight excluding hydrogens is 352 g/mol. The highest BCUT2D eigenvalue weighted by molar-refractivity contribution is 7.15. The van der Waals surface area contributed by atoms with Gasteiger partial charge in [0.1, 0.15) is 6.23 Å². The molecule has 0 radical (unpaired) electrons. The third kappa shape index (κ3) is 4.17. The highest BCUT2D eigenvalue weighted by Gasteiger charge is 2.40. The van der Waals surface area contributed by atoms with Crippen molar-refractivity contribution in [3.8, 4) is 0 Å². The molecule has 0 amide bonds. The van der Waals surface area contributed by atoms with Gasteiger partial charge in [0.25, 0.3) is 5.70 Å². The molecule has 2 rings (SSSR count). The molecule has 0 saturated heterocycles. The van der Waals surface area contributed by atoms with Crippen molar-refractivity contribution in [1.29, 1.82) is 0 Å². The van der Waals surface area contributed by atoms with E-state index < -0.39 is 0 Å². The fourth-order valence-electron chi connectivity index (χ4n) is 3.00. The van der Waals surface area contributed by atoms with Crippen molar-refractivity contribution in [3.63, 3.8) is 0 Å². The zero-order chi connectivity index (χ0) is 17.7. The summed E-state index contributed by atoms with van der Waals surface area (Å²) in [4.78, 5) is 18.3. The molecule has 0 aliphatic carbocycles. The van der Waals surface area contributed by atoms with Crippen LogP contribution < -0.4 is 5.32 Å². The molecule has 2 heterocycles. The van der Waals surface area contributed by atoms with Gasteiger partial charge in [0.2, 0.25) is 0 Å². The summed E-state index contributed by atoms with van der Waals surface area (Å²) in [6.07, 6.45) is 2.87. The van der Waals surface area contributed by atoms with Gasteiger partial charge < -0.3 is 15.0 Å². The zero-order valence-corrected chi connectivity index (χ0v) is 15.7. The lowest BCUT2D eigenvalue weighted by Gasteiger charge is -2.39. The van der Waals surface area contributed by atoms with Crippen molar-refractivity contribution < 1.29 is 9.66 Å². The third-order valence-corrected chi connectivity index (χ3v) is 5.21. The minimum Gasteiger partial charge on any atom is -0.361 e. The van der Waals surface area contributed by atoms with Crippen LogP contribution in [-0.2, 0) is 11.3 Å². The Morgan fingerprint density at radius 3 is 2.79 bits per heavy atom. The molecule has 0 saturated carbocycles. The van der Waals surface area contributed by atoms with E-state index in [0.29, 0.717) is 42.8 Å². The maximum atomic E-state index is 11.7. The topological polar surface area (TPSA) is 80.5 Å². The Balaban J connectivity index is 2.33. The fourth-order valence-corrected chi connectivity index (χ4v) is 3.92. The van der Waals surface area contributed by atoms with Crippen molar-refractivity contribution in [2.45, 2.75) is 46.4 Å². The molecule has 24 heavy (non-hydrogen) atoms. The van der Waals surface area contributed by atoms with E-state index in [1.807, 2.05) is 25.7 Å². The Kier molecular flexibility index (Phi) is 6.82. The molecule has 0 aromatic carbocycles. The predicted octanol–water partition coefficient (Wildman–Crippen LogP) is 3.45. The van der Waals surface area contributed by atoms with Gasteiger partial charge in [-0.1, -0.05) is 18.5 Å². The molecule has 1 aromatic rings. The average molecular weight is 375 g/mol. The van der Waals surface area contributed by atoms with E-state index in [-0.39, 0.29) is 22.8 Å². The molecule has 1 aliphatic rings. The molecule has 9 heteroatoms. The summed E-state index contributed by atoms with van der Waals surface area (Å²) >= 11 is 7.22. The molecule has 0 spiro atoms. The van der Waals surface area contributed by atoms with Gasteiger partial charge in [0.15, 0.2) is 10.3 Å². The lowest BCUT2D eigenvalue weighted by molar-refractivity contribution is -0.440. The van der Waals surface area contributed by atoms with Gasteiger partial charge in [-0.25, -0.2) is 4.98 Å². The molecule has 0 bridgehead atoms. The first-order valence-corrected chi connectivity index (χ1v) is 9.32. The monoisotopic (exact) mass is 374 g/mol. The molecule has 134 valence electrons. The highest BCUT2D eigenvalue weighted by Crippen LogP contribution is 2.34. The quantitative estimate of drug-likeness (QED) is 0.554. The van der Waals surface area contributed by atoms with Crippen LogP contribution in [0.25, 0.3) is 0 Å². The van der Waals surface area contributed by atoms with Crippen LogP contribution in [0.5, 0.6) is 0 Å². The van der Waals surface area contributed by atoms with E-state index in [2.05, 4.69) is 10.3 Å². The van der Waals surface area contributed by atoms with Crippen LogP contribution in [0.4, 0.5) is 0 Å². The van der Waals surface area contributed by atoms with E-state index in [4.69, 9.17) is 16.3 Å². The maximum absolute atomic E-state index is 11.7. The van der Waals surface area contributed by atoms with Gasteiger partial charge in [-0.05, 0) is 20.3 Å². The number of rotatable bonds is 8. The standard InChI is InChI=1S/C15H23ClN4O3S/c1-4-10-7-12(23-6-3)19(5-2)14(13(10)20(21)22)17-8-11-9-18-15(16)24-11/h9-10,12,17H,4-8H2,1-3H3. The first-order chi connectivity index (χ1) is 11.5. The number of aromatic nitrogens is 1. The van der Waals surface area contributed by atoms with E-state index in [0.717, 1.165) is 4.88 Å². The van der Waals surface area contributed by atoms with Crippen LogP contribution in [0.1, 0.15) is 38.5 Å². The number of halogens is 1. The van der Waals surface area contributed by atoms with E-state index in [1.165, 1.54) is 11.3 Å². The first kappa shape index (κ1) is 19.0. The Labute approximate surface area is 150 Å². The van der Waals surface area contributed by atoms with Gasteiger partial charge in [-0.15, -0.1) is 11.3 Å². The number of nitro groups is 1. The second kappa shape index (κ2) is 8.64. The molecular formula is C15H23ClN4O3S. The maximum Gasteiger partial charge on any atom is 0.289 e. The summed E-state index contributed by atoms with van der Waals surface area (Å²) in [5.74, 6) is 0.412. The summed E-state index contributed by atoms with van der Waals surface area (Å²) in [5.41, 5.74) is 0.242. The second-order valence-electron chi connectivity index (χ2n) is 5.46. The van der Waals surface area contributed by atoms with Gasteiger partial charge in [0.05, 0.1) is 17.4 Å². The van der Waals surface area contributed by atoms with Crippen LogP contribution in [0.3, 0.4) is 0 Å². The Bertz CT molecular complexity index is 607. The summed E-state index contributed by atoms with van der Waals surface area (Å²) in [5, 5.41) is 14.9. The summed E-state index contributed by atoms with van der Waals surface area (Å²) in [7, 11) is 0. The van der Waals surface area contributed by atoms with Gasteiger partial charge in [-0.3, -0.25) is 10.1 Å². The lowest BCUT2D eigenvalue weighted by atomic mass is 9.93. The Hall–Kier alpha value is -1.38. The number of allylic oxidation sites excluding steroid dienone is 1. The summed E-state index contributed by atoms with van der Waals surface area (Å²) in [6, 6.07) is 0. The van der Waals surface area contributed by atoms with Crippen molar-refractivity contribution in [1.82, 2.24) is 15.2 Å². The van der Waals surface area contributed by atoms with Crippen LogP contribution in [0.2, 0.25) is 4.47 Å². The number of hydrogen-bond donors (Lipinski definition) is 1. The molecule has 2 unspecified atom stereocenters. The summed E-state index contributed by atoms with van der Waals surface area (Å²) in [6.45, 7) is 7.53. The third-order valence-electron chi connectivity index (χ3n) is 4.09. The van der Waals surface area contributed by atoms with Crippen molar-refractivity contribution in [2.24, 2.45) is 5.92 Å². The first-order valence-electron chi connectivity index (χ1n) is 8.12. The average Bonchev–Trinajstić information content (AvgIpc) is 2.97. The Morgan fingerprint density at radius 2 is 2.29 bits per heavy atom. The van der Waals surface area contributed by atoms with E-state index in [9.17, 15) is 10.1 Å². The van der Waals surface area contributed by atoms with Crippen LogP contribution in [-0.4, -0.2) is 34.2 Å². The van der Waals surface area contributed by atoms with Crippen LogP contribution >= 0.6 is 22.9 Å². The van der Waals surface area contributed by atoms with Crippen molar-refractivity contribution in [2.75, 3.05) is 13.2 Å². The smallest absolute Gasteiger partial charge is 0.289 e. The number of nitrogens with one attached hydrogen (secondary N) is 1. The van der Waals surface area contributed by atoms with Crippen molar-refractivity contribution >= 4 is 22.9 Å². The van der Waals surface area contributed by atoms with E-state index in [1.54, 1.807) is 6.20 Å². The lowest BCUT2D eigenvalue weighted by Crippen LogP contribution is -2.48. The molecule has 7 nitrogen and oxygen atoms in total. The van der Waals surface area contributed by atoms with Crippen molar-refractivity contribution in [3.05, 3.63) is 37.2 Å². The number of ether oxygens (including phenoxy) is 1. The Morgan fingerprint density at radius 1 is 1.54 bits per heavy atom. The number of thiazole rings is 1. The summed E-state index contributed by atoms with van der Waals surface area (Å²) < 4.78 is 6.29. The van der Waals surface area contributed by atoms with Gasteiger partial charge >= 0.3 is 0 Å². The second-order valence-corrected chi connectivity index (χ2v) is 7.16. The molecule has 1 aromatic heterocycles. The highest BCUT2D eigenvalue weighted by atomic mass is 35.5. The molecule has 2 atom stereocenters. The van der Waals surface area contributed by atoms with Gasteiger partial charge in [-0.2, -0.15) is 0 Å². The van der Waals surface area contributed by atoms with Gasteiger partial charge in [0, 0.05) is 30.6 Å². The number of hydrogen-bond acceptors (Lipinski definition) is 7. The minimum atomic E-state index is -0.263. The fraction of sp³-hybridized carbons (Fsp3) is 0.667. The SMILES string of the molecule is CCOC1CC(CC)C([N+](=O)[O-])=C(NCc2cnc(Cl)s2)N1CC. The normalized spacial score (nSPS) is 21.2. The molecule has 1 aliphatic heterocycles. The van der Waals surface area contributed by atoms with Crippen LogP contribution in [0, 0.1) is 16.0 Å². The number of nitrogens with zero attached hydrogens (tertiary/aromatic N) is 3. The zero-order valence-electron chi connectivity index (χ0n) is 14.1. The molecule has 0 fully saturated rings. The van der Waals surface area contributed by atoms with Crippen LogP contribution in [0.15, 0.2) is 17.7 Å². The minimum absolute atomic E-state index is 0.133. The van der Waals surface area contributed by atoms with E-state index >= 15 is 0 Å². The largest absolute Gasteiger partial charge is 0.361 e.